The predicted molar refractivity (Wildman–Crippen MR) is 112 cm³/mol. The summed E-state index contributed by atoms with van der Waals surface area (Å²) in [4.78, 5) is 19.1. The van der Waals surface area contributed by atoms with Gasteiger partial charge in [0, 0.05) is 29.3 Å². The Balaban J connectivity index is 1.31. The van der Waals surface area contributed by atoms with Gasteiger partial charge in [0.05, 0.1) is 11.0 Å². The minimum atomic E-state index is -4.44. The Morgan fingerprint density at radius 1 is 1.10 bits per heavy atom. The molecular weight excluding hydrogens is 427 g/mol. The highest BCUT2D eigenvalue weighted by atomic mass is 35.5. The molecule has 0 spiro atoms. The molecule has 8 heteroatoms. The number of pyridine rings is 1. The topological polar surface area (TPSA) is 45.2 Å². The minimum absolute atomic E-state index is 0.0153. The lowest BCUT2D eigenvalue weighted by Crippen LogP contribution is -2.52. The van der Waals surface area contributed by atoms with Crippen molar-refractivity contribution in [2.24, 2.45) is 0 Å². The zero-order valence-corrected chi connectivity index (χ0v) is 17.6. The van der Waals surface area contributed by atoms with Crippen LogP contribution in [0.2, 0.25) is 5.02 Å². The molecule has 3 heterocycles. The van der Waals surface area contributed by atoms with Crippen LogP contribution in [0.5, 0.6) is 0 Å². The van der Waals surface area contributed by atoms with Crippen molar-refractivity contribution in [2.75, 3.05) is 4.90 Å². The van der Waals surface area contributed by atoms with Crippen LogP contribution in [0.3, 0.4) is 0 Å². The second-order valence-electron chi connectivity index (χ2n) is 8.90. The van der Waals surface area contributed by atoms with E-state index in [0.717, 1.165) is 37.3 Å². The third-order valence-electron chi connectivity index (χ3n) is 6.99. The lowest BCUT2D eigenvalue weighted by atomic mass is 9.92. The van der Waals surface area contributed by atoms with Gasteiger partial charge in [-0.3, -0.25) is 4.79 Å². The summed E-state index contributed by atoms with van der Waals surface area (Å²) >= 11 is 5.98. The predicted octanol–water partition coefficient (Wildman–Crippen LogP) is 5.10. The second kappa shape index (κ2) is 7.40. The normalized spacial score (nSPS) is 26.6. The van der Waals surface area contributed by atoms with E-state index in [4.69, 9.17) is 11.6 Å². The summed E-state index contributed by atoms with van der Waals surface area (Å²) in [6.07, 6.45) is 1.47. The van der Waals surface area contributed by atoms with Crippen molar-refractivity contribution in [3.8, 4) is 0 Å². The van der Waals surface area contributed by atoms with E-state index in [1.54, 1.807) is 12.1 Å². The monoisotopic (exact) mass is 449 g/mol. The highest BCUT2D eigenvalue weighted by Crippen LogP contribution is 2.49. The van der Waals surface area contributed by atoms with Crippen LogP contribution in [0.4, 0.5) is 19.0 Å². The van der Waals surface area contributed by atoms with E-state index in [0.29, 0.717) is 17.9 Å². The first-order valence-corrected chi connectivity index (χ1v) is 11.0. The van der Waals surface area contributed by atoms with Crippen LogP contribution in [-0.4, -0.2) is 29.0 Å². The molecule has 2 aromatic rings. The molecule has 0 radical (unpaired) electrons. The van der Waals surface area contributed by atoms with Crippen molar-refractivity contribution in [1.82, 2.24) is 10.3 Å². The number of fused-ring (bicyclic) bond motifs is 2. The van der Waals surface area contributed by atoms with Crippen molar-refractivity contribution in [1.29, 1.82) is 0 Å². The number of hydrogen-bond acceptors (Lipinski definition) is 3. The van der Waals surface area contributed by atoms with Gasteiger partial charge in [-0.25, -0.2) is 4.98 Å². The number of nitrogens with one attached hydrogen (secondary N) is 1. The molecular formula is C23H23ClF3N3O. The van der Waals surface area contributed by atoms with Gasteiger partial charge in [0.25, 0.3) is 0 Å². The summed E-state index contributed by atoms with van der Waals surface area (Å²) in [5.74, 6) is 0.0357. The van der Waals surface area contributed by atoms with Gasteiger partial charge in [-0.15, -0.1) is 0 Å². The number of piperidine rings is 1. The van der Waals surface area contributed by atoms with E-state index in [-0.39, 0.29) is 29.9 Å². The smallest absolute Gasteiger partial charge is 0.352 e. The molecule has 0 unspecified atom stereocenters. The summed E-state index contributed by atoms with van der Waals surface area (Å²) in [5.41, 5.74) is -0.210. The molecule has 1 aromatic heterocycles. The van der Waals surface area contributed by atoms with E-state index in [9.17, 15) is 18.0 Å². The van der Waals surface area contributed by atoms with E-state index >= 15 is 0 Å². The van der Waals surface area contributed by atoms with Crippen LogP contribution in [0.15, 0.2) is 42.6 Å². The van der Waals surface area contributed by atoms with E-state index in [2.05, 4.69) is 10.3 Å². The molecule has 2 bridgehead atoms. The molecule has 1 aromatic carbocycles. The number of carbonyl (C=O) groups excluding carboxylic acids is 1. The van der Waals surface area contributed by atoms with Crippen molar-refractivity contribution >= 4 is 23.3 Å². The average Bonchev–Trinajstić information content (AvgIpc) is 3.49. The standard InChI is InChI=1S/C23H23ClF3N3O/c24-15-5-3-14(4-6-15)22(9-10-22)21(31)29-16-12-17-7-8-18(13-16)30(17)20-19(23(25,26)27)2-1-11-28-20/h1-6,11,16-18H,7-10,12-13H2,(H,29,31)/t16-,17+,18-. The number of hydrogen-bond donors (Lipinski definition) is 1. The minimum Gasteiger partial charge on any atom is -0.352 e. The van der Waals surface area contributed by atoms with E-state index in [1.807, 2.05) is 17.0 Å². The highest BCUT2D eigenvalue weighted by molar-refractivity contribution is 6.30. The van der Waals surface area contributed by atoms with Crippen molar-refractivity contribution < 1.29 is 18.0 Å². The maximum Gasteiger partial charge on any atom is 0.419 e. The third-order valence-corrected chi connectivity index (χ3v) is 7.24. The second-order valence-corrected chi connectivity index (χ2v) is 9.33. The molecule has 5 rings (SSSR count). The summed E-state index contributed by atoms with van der Waals surface area (Å²) in [6.45, 7) is 0. The fourth-order valence-corrected chi connectivity index (χ4v) is 5.45. The number of nitrogens with zero attached hydrogens (tertiary/aromatic N) is 2. The molecule has 1 amide bonds. The van der Waals surface area contributed by atoms with E-state index in [1.165, 1.54) is 12.3 Å². The van der Waals surface area contributed by atoms with Gasteiger partial charge >= 0.3 is 6.18 Å². The summed E-state index contributed by atoms with van der Waals surface area (Å²) in [5, 5.41) is 3.85. The van der Waals surface area contributed by atoms with Gasteiger partial charge in [0.1, 0.15) is 5.82 Å². The Morgan fingerprint density at radius 2 is 1.74 bits per heavy atom. The SMILES string of the molecule is O=C(N[C@H]1C[C@H]2CC[C@@H](C1)N2c1ncccc1C(F)(F)F)C1(c2ccc(Cl)cc2)CC1. The Labute approximate surface area is 183 Å². The largest absolute Gasteiger partial charge is 0.419 e. The van der Waals surface area contributed by atoms with Gasteiger partial charge in [0.15, 0.2) is 0 Å². The van der Waals surface area contributed by atoms with Crippen LogP contribution >= 0.6 is 11.6 Å². The number of alkyl halides is 3. The summed E-state index contributed by atoms with van der Waals surface area (Å²) in [6, 6.07) is 9.69. The number of carbonyl (C=O) groups is 1. The average molecular weight is 450 g/mol. The van der Waals surface area contributed by atoms with E-state index < -0.39 is 17.2 Å². The maximum absolute atomic E-state index is 13.5. The fraction of sp³-hybridized carbons (Fsp3) is 0.478. The van der Waals surface area contributed by atoms with Gasteiger partial charge < -0.3 is 10.2 Å². The molecule has 3 atom stereocenters. The Hall–Kier alpha value is -2.28. The zero-order chi connectivity index (χ0) is 21.8. The van der Waals surface area contributed by atoms with Crippen LogP contribution in [0.1, 0.15) is 49.7 Å². The number of rotatable bonds is 4. The zero-order valence-electron chi connectivity index (χ0n) is 16.8. The van der Waals surface area contributed by atoms with Gasteiger partial charge in [-0.2, -0.15) is 13.2 Å². The maximum atomic E-state index is 13.5. The fourth-order valence-electron chi connectivity index (χ4n) is 5.33. The first-order valence-electron chi connectivity index (χ1n) is 10.7. The third kappa shape index (κ3) is 3.67. The van der Waals surface area contributed by atoms with Crippen molar-refractivity contribution in [3.05, 3.63) is 58.7 Å². The molecule has 164 valence electrons. The molecule has 2 aliphatic heterocycles. The molecule has 1 N–H and O–H groups in total. The van der Waals surface area contributed by atoms with Gasteiger partial charge in [0.2, 0.25) is 5.91 Å². The lowest BCUT2D eigenvalue weighted by molar-refractivity contribution is -0.137. The number of aromatic nitrogens is 1. The number of anilines is 1. The summed E-state index contributed by atoms with van der Waals surface area (Å²) < 4.78 is 40.6. The molecule has 3 fully saturated rings. The number of amides is 1. The first-order chi connectivity index (χ1) is 14.8. The molecule has 2 saturated heterocycles. The van der Waals surface area contributed by atoms with Gasteiger partial charge in [-0.05, 0) is 68.4 Å². The Morgan fingerprint density at radius 3 is 2.32 bits per heavy atom. The van der Waals surface area contributed by atoms with Gasteiger partial charge in [-0.1, -0.05) is 23.7 Å². The molecule has 31 heavy (non-hydrogen) atoms. The van der Waals surface area contributed by atoms with Crippen LogP contribution in [0.25, 0.3) is 0 Å². The van der Waals surface area contributed by atoms with Crippen molar-refractivity contribution in [3.63, 3.8) is 0 Å². The van der Waals surface area contributed by atoms with Crippen LogP contribution in [-0.2, 0) is 16.4 Å². The lowest BCUT2D eigenvalue weighted by Gasteiger charge is -2.41. The quantitative estimate of drug-likeness (QED) is 0.706. The highest BCUT2D eigenvalue weighted by Gasteiger charge is 2.53. The molecule has 1 saturated carbocycles. The number of halogens is 4. The molecule has 3 aliphatic rings. The summed E-state index contributed by atoms with van der Waals surface area (Å²) in [7, 11) is 0. The first kappa shape index (κ1) is 20.6. The number of benzene rings is 1. The van der Waals surface area contributed by atoms with Crippen molar-refractivity contribution in [2.45, 2.75) is 68.2 Å². The van der Waals surface area contributed by atoms with Crippen LogP contribution < -0.4 is 10.2 Å². The Kier molecular flexibility index (Phi) is 4.92. The molecule has 1 aliphatic carbocycles. The Bertz CT molecular complexity index is 976. The molecule has 4 nitrogen and oxygen atoms in total. The van der Waals surface area contributed by atoms with Crippen LogP contribution in [0, 0.1) is 0 Å².